The maximum Gasteiger partial charge on any atom is 0.325 e. The second kappa shape index (κ2) is 5.02. The fourth-order valence-corrected chi connectivity index (χ4v) is 3.01. The number of benzene rings is 1. The second-order valence-electron chi connectivity index (χ2n) is 6.11. The van der Waals surface area contributed by atoms with Gasteiger partial charge in [0.1, 0.15) is 17.5 Å². The van der Waals surface area contributed by atoms with Crippen LogP contribution in [0.2, 0.25) is 5.02 Å². The molecule has 2 heterocycles. The maximum atomic E-state index is 12.8. The van der Waals surface area contributed by atoms with Gasteiger partial charge in [-0.05, 0) is 45.0 Å². The molecule has 1 saturated heterocycles. The minimum atomic E-state index is -0.417. The number of anilines is 1. The van der Waals surface area contributed by atoms with Crippen molar-refractivity contribution in [2.24, 2.45) is 0 Å². The third-order valence-corrected chi connectivity index (χ3v) is 4.57. The molecule has 3 rings (SSSR count). The summed E-state index contributed by atoms with van der Waals surface area (Å²) >= 11 is 5.95. The van der Waals surface area contributed by atoms with Crippen LogP contribution in [0.1, 0.15) is 31.3 Å². The number of halogens is 1. The van der Waals surface area contributed by atoms with Crippen molar-refractivity contribution in [2.45, 2.75) is 32.4 Å². The van der Waals surface area contributed by atoms with Crippen molar-refractivity contribution >= 4 is 23.3 Å². The molecule has 0 bridgehead atoms. The normalized spacial score (nSPS) is 20.8. The summed E-state index contributed by atoms with van der Waals surface area (Å²) < 4.78 is 5.22. The molecule has 0 N–H and O–H groups in total. The molecule has 1 aliphatic rings. The highest BCUT2D eigenvalue weighted by atomic mass is 35.5. The number of nitrogens with zero attached hydrogens (tertiary/aromatic N) is 3. The molecule has 6 heteroatoms. The zero-order chi connectivity index (χ0) is 16.1. The Hall–Kier alpha value is -2.01. The van der Waals surface area contributed by atoms with E-state index in [0.717, 1.165) is 17.1 Å². The highest BCUT2D eigenvalue weighted by molar-refractivity contribution is 6.30. The van der Waals surface area contributed by atoms with Crippen molar-refractivity contribution in [3.8, 4) is 0 Å². The lowest BCUT2D eigenvalue weighted by Gasteiger charge is -2.32. The Balaban J connectivity index is 2.12. The van der Waals surface area contributed by atoms with E-state index in [0.29, 0.717) is 5.02 Å². The first-order chi connectivity index (χ1) is 10.3. The smallest absolute Gasteiger partial charge is 0.325 e. The number of urea groups is 1. The van der Waals surface area contributed by atoms with E-state index in [4.69, 9.17) is 16.1 Å². The van der Waals surface area contributed by atoms with E-state index in [1.165, 1.54) is 0 Å². The molecule has 1 fully saturated rings. The SMILES string of the molecule is Cc1cc(C2N(c3ccc(Cl)cc3)C(=O)N(C)C2(C)C)no1. The first-order valence-corrected chi connectivity index (χ1v) is 7.46. The maximum absolute atomic E-state index is 12.8. The summed E-state index contributed by atoms with van der Waals surface area (Å²) in [5.41, 5.74) is 1.12. The van der Waals surface area contributed by atoms with E-state index in [9.17, 15) is 4.79 Å². The summed E-state index contributed by atoms with van der Waals surface area (Å²) in [6.07, 6.45) is 0. The molecule has 5 nitrogen and oxygen atoms in total. The summed E-state index contributed by atoms with van der Waals surface area (Å²) in [5, 5.41) is 4.77. The van der Waals surface area contributed by atoms with Crippen LogP contribution in [0.5, 0.6) is 0 Å². The van der Waals surface area contributed by atoms with Crippen LogP contribution in [0.15, 0.2) is 34.9 Å². The van der Waals surface area contributed by atoms with Gasteiger partial charge < -0.3 is 9.42 Å². The standard InChI is InChI=1S/C16H18ClN3O2/c1-10-9-13(18-22-10)14-16(2,3)19(4)15(21)20(14)12-7-5-11(17)6-8-12/h5-9,14H,1-4H3. The minimum Gasteiger partial charge on any atom is -0.361 e. The Bertz CT molecular complexity index is 708. The van der Waals surface area contributed by atoms with Gasteiger partial charge in [0.05, 0.1) is 5.54 Å². The fourth-order valence-electron chi connectivity index (χ4n) is 2.89. The number of carbonyl (C=O) groups is 1. The van der Waals surface area contributed by atoms with Gasteiger partial charge in [-0.25, -0.2) is 4.79 Å². The first-order valence-electron chi connectivity index (χ1n) is 7.08. The summed E-state index contributed by atoms with van der Waals surface area (Å²) in [4.78, 5) is 16.2. The van der Waals surface area contributed by atoms with Crippen molar-refractivity contribution in [1.29, 1.82) is 0 Å². The van der Waals surface area contributed by atoms with Gasteiger partial charge >= 0.3 is 6.03 Å². The van der Waals surface area contributed by atoms with Crippen LogP contribution in [-0.2, 0) is 0 Å². The molecule has 0 saturated carbocycles. The molecule has 2 aromatic rings. The number of amides is 2. The number of carbonyl (C=O) groups excluding carboxylic acids is 1. The van der Waals surface area contributed by atoms with Crippen LogP contribution >= 0.6 is 11.6 Å². The molecule has 0 spiro atoms. The van der Waals surface area contributed by atoms with Gasteiger partial charge in [-0.2, -0.15) is 0 Å². The Morgan fingerprint density at radius 1 is 1.27 bits per heavy atom. The van der Waals surface area contributed by atoms with E-state index < -0.39 is 5.54 Å². The average molecular weight is 320 g/mol. The Labute approximate surface area is 134 Å². The van der Waals surface area contributed by atoms with Crippen molar-refractivity contribution < 1.29 is 9.32 Å². The Morgan fingerprint density at radius 3 is 2.45 bits per heavy atom. The van der Waals surface area contributed by atoms with E-state index in [2.05, 4.69) is 5.16 Å². The zero-order valence-electron chi connectivity index (χ0n) is 13.0. The number of aromatic nitrogens is 1. The van der Waals surface area contributed by atoms with Gasteiger partial charge in [-0.1, -0.05) is 16.8 Å². The van der Waals surface area contributed by atoms with Crippen LogP contribution in [0.3, 0.4) is 0 Å². The Kier molecular flexibility index (Phi) is 3.40. The molecule has 1 aromatic heterocycles. The highest BCUT2D eigenvalue weighted by Crippen LogP contribution is 2.44. The summed E-state index contributed by atoms with van der Waals surface area (Å²) in [6, 6.07) is 8.81. The minimum absolute atomic E-state index is 0.0713. The van der Waals surface area contributed by atoms with E-state index in [-0.39, 0.29) is 12.1 Å². The van der Waals surface area contributed by atoms with Crippen molar-refractivity contribution in [1.82, 2.24) is 10.1 Å². The second-order valence-corrected chi connectivity index (χ2v) is 6.54. The first kappa shape index (κ1) is 14.9. The quantitative estimate of drug-likeness (QED) is 0.839. The van der Waals surface area contributed by atoms with Crippen LogP contribution in [-0.4, -0.2) is 28.7 Å². The van der Waals surface area contributed by atoms with Crippen LogP contribution in [0.25, 0.3) is 0 Å². The van der Waals surface area contributed by atoms with Crippen molar-refractivity contribution in [3.63, 3.8) is 0 Å². The molecule has 1 unspecified atom stereocenters. The molecule has 0 radical (unpaired) electrons. The molecule has 1 aromatic carbocycles. The summed E-state index contributed by atoms with van der Waals surface area (Å²) in [7, 11) is 1.80. The predicted molar refractivity (Wildman–Crippen MR) is 85.2 cm³/mol. The van der Waals surface area contributed by atoms with Gasteiger partial charge in [-0.15, -0.1) is 0 Å². The molecular weight excluding hydrogens is 302 g/mol. The largest absolute Gasteiger partial charge is 0.361 e. The van der Waals surface area contributed by atoms with Gasteiger partial charge in [0, 0.05) is 23.8 Å². The molecule has 1 atom stereocenters. The number of rotatable bonds is 2. The summed E-state index contributed by atoms with van der Waals surface area (Å²) in [5.74, 6) is 0.726. The predicted octanol–water partition coefficient (Wildman–Crippen LogP) is 4.03. The van der Waals surface area contributed by atoms with Gasteiger partial charge in [0.15, 0.2) is 0 Å². The number of hydrogen-bond acceptors (Lipinski definition) is 3. The third kappa shape index (κ3) is 2.16. The lowest BCUT2D eigenvalue weighted by Crippen LogP contribution is -2.40. The monoisotopic (exact) mass is 319 g/mol. The molecule has 0 aliphatic carbocycles. The van der Waals surface area contributed by atoms with Crippen LogP contribution in [0, 0.1) is 6.92 Å². The zero-order valence-corrected chi connectivity index (χ0v) is 13.8. The Morgan fingerprint density at radius 2 is 1.91 bits per heavy atom. The molecular formula is C16H18ClN3O2. The lowest BCUT2D eigenvalue weighted by molar-refractivity contribution is 0.186. The average Bonchev–Trinajstić information content (AvgIpc) is 2.96. The number of likely N-dealkylation sites (N-methyl/N-ethyl adjacent to an activating group) is 1. The van der Waals surface area contributed by atoms with Crippen molar-refractivity contribution in [3.05, 3.63) is 46.8 Å². The fraction of sp³-hybridized carbons (Fsp3) is 0.375. The van der Waals surface area contributed by atoms with Crippen molar-refractivity contribution in [2.75, 3.05) is 11.9 Å². The van der Waals surface area contributed by atoms with Gasteiger partial charge in [0.2, 0.25) is 0 Å². The van der Waals surface area contributed by atoms with E-state index in [1.807, 2.05) is 39.0 Å². The third-order valence-electron chi connectivity index (χ3n) is 4.32. The number of aryl methyl sites for hydroxylation is 1. The molecule has 116 valence electrons. The lowest BCUT2D eigenvalue weighted by atomic mass is 9.91. The van der Waals surface area contributed by atoms with Crippen LogP contribution < -0.4 is 4.90 Å². The highest BCUT2D eigenvalue weighted by Gasteiger charge is 2.52. The number of hydrogen-bond donors (Lipinski definition) is 0. The molecule has 1 aliphatic heterocycles. The van der Waals surface area contributed by atoms with E-state index >= 15 is 0 Å². The van der Waals surface area contributed by atoms with E-state index in [1.54, 1.807) is 29.0 Å². The van der Waals surface area contributed by atoms with Gasteiger partial charge in [0.25, 0.3) is 0 Å². The summed E-state index contributed by atoms with van der Waals surface area (Å²) in [6.45, 7) is 5.89. The van der Waals surface area contributed by atoms with Gasteiger partial charge in [-0.3, -0.25) is 4.90 Å². The molecule has 2 amide bonds. The molecule has 22 heavy (non-hydrogen) atoms. The van der Waals surface area contributed by atoms with Crippen LogP contribution in [0.4, 0.5) is 10.5 Å². The topological polar surface area (TPSA) is 49.6 Å².